The van der Waals surface area contributed by atoms with Crippen LogP contribution in [0.2, 0.25) is 0 Å². The molecule has 0 aromatic carbocycles. The first-order chi connectivity index (χ1) is 32.5. The van der Waals surface area contributed by atoms with Crippen LogP contribution < -0.4 is 5.32 Å². The molecule has 6 heteroatoms. The second-order valence-electron chi connectivity index (χ2n) is 20.3. The highest BCUT2D eigenvalue weighted by atomic mass is 16.5. The second kappa shape index (κ2) is 55.9. The average molecular weight is 931 g/mol. The van der Waals surface area contributed by atoms with Crippen LogP contribution in [-0.4, -0.2) is 47.4 Å². The van der Waals surface area contributed by atoms with Gasteiger partial charge in [-0.15, -0.1) is 0 Å². The highest BCUT2D eigenvalue weighted by molar-refractivity contribution is 5.76. The predicted molar refractivity (Wildman–Crippen MR) is 287 cm³/mol. The van der Waals surface area contributed by atoms with E-state index in [-0.39, 0.29) is 18.5 Å². The molecule has 0 bridgehead atoms. The summed E-state index contributed by atoms with van der Waals surface area (Å²) in [6, 6.07) is -0.626. The molecule has 0 spiro atoms. The van der Waals surface area contributed by atoms with E-state index in [1.807, 2.05) is 6.08 Å². The van der Waals surface area contributed by atoms with Gasteiger partial charge in [0, 0.05) is 12.8 Å². The van der Waals surface area contributed by atoms with Gasteiger partial charge in [0.05, 0.1) is 25.4 Å². The fourth-order valence-electron chi connectivity index (χ4n) is 9.16. The van der Waals surface area contributed by atoms with E-state index in [0.717, 1.165) is 44.9 Å². The van der Waals surface area contributed by atoms with Gasteiger partial charge in [0.25, 0.3) is 0 Å². The molecule has 0 heterocycles. The number of hydrogen-bond donors (Lipinski definition) is 3. The van der Waals surface area contributed by atoms with Crippen LogP contribution in [0.1, 0.15) is 322 Å². The molecule has 0 aliphatic heterocycles. The summed E-state index contributed by atoms with van der Waals surface area (Å²) in [7, 11) is 0. The maximum atomic E-state index is 12.4. The summed E-state index contributed by atoms with van der Waals surface area (Å²) in [5, 5.41) is 23.0. The van der Waals surface area contributed by atoms with Crippen molar-refractivity contribution in [2.24, 2.45) is 0 Å². The summed E-state index contributed by atoms with van der Waals surface area (Å²) >= 11 is 0. The van der Waals surface area contributed by atoms with Crippen molar-refractivity contribution < 1.29 is 24.5 Å². The fourth-order valence-corrected chi connectivity index (χ4v) is 9.16. The first-order valence-electron chi connectivity index (χ1n) is 29.6. The number of hydrogen-bond acceptors (Lipinski definition) is 5. The van der Waals surface area contributed by atoms with Crippen molar-refractivity contribution >= 4 is 11.9 Å². The molecule has 2 unspecified atom stereocenters. The minimum atomic E-state index is -0.843. The van der Waals surface area contributed by atoms with Gasteiger partial charge in [-0.2, -0.15) is 0 Å². The Hall–Kier alpha value is -1.66. The summed E-state index contributed by atoms with van der Waals surface area (Å²) in [6.45, 7) is 4.89. The summed E-state index contributed by atoms with van der Waals surface area (Å²) in [5.41, 5.74) is 0. The lowest BCUT2D eigenvalue weighted by molar-refractivity contribution is -0.143. The first kappa shape index (κ1) is 64.3. The number of ether oxygens (including phenoxy) is 1. The molecule has 0 aromatic heterocycles. The number of rotatable bonds is 55. The molecule has 0 saturated carbocycles. The molecular weight excluding hydrogens is 815 g/mol. The van der Waals surface area contributed by atoms with Crippen LogP contribution in [0.3, 0.4) is 0 Å². The highest BCUT2D eigenvalue weighted by Gasteiger charge is 2.18. The Morgan fingerprint density at radius 3 is 1.08 bits per heavy atom. The molecule has 0 fully saturated rings. The summed E-state index contributed by atoms with van der Waals surface area (Å²) in [5.74, 6) is -0.0618. The smallest absolute Gasteiger partial charge is 0.305 e. The Balaban J connectivity index is 3.36. The quantitative estimate of drug-likeness (QED) is 0.0321. The van der Waals surface area contributed by atoms with Crippen LogP contribution in [0.5, 0.6) is 0 Å². The Kier molecular flexibility index (Phi) is 54.5. The molecule has 1 amide bonds. The lowest BCUT2D eigenvalue weighted by Gasteiger charge is -2.20. The van der Waals surface area contributed by atoms with Gasteiger partial charge in [0.15, 0.2) is 0 Å². The van der Waals surface area contributed by atoms with Crippen LogP contribution in [0.4, 0.5) is 0 Å². The van der Waals surface area contributed by atoms with Crippen molar-refractivity contribution in [3.63, 3.8) is 0 Å². The van der Waals surface area contributed by atoms with E-state index in [4.69, 9.17) is 4.74 Å². The maximum absolute atomic E-state index is 12.4. The first-order valence-corrected chi connectivity index (χ1v) is 29.6. The van der Waals surface area contributed by atoms with Crippen molar-refractivity contribution in [1.29, 1.82) is 0 Å². The molecular formula is C60H115NO5. The largest absolute Gasteiger partial charge is 0.466 e. The number of aliphatic hydroxyl groups is 2. The lowest BCUT2D eigenvalue weighted by Crippen LogP contribution is -2.45. The van der Waals surface area contributed by atoms with Crippen LogP contribution in [0.15, 0.2) is 24.3 Å². The zero-order chi connectivity index (χ0) is 47.9. The molecule has 66 heavy (non-hydrogen) atoms. The predicted octanol–water partition coefficient (Wildman–Crippen LogP) is 18.2. The fraction of sp³-hybridized carbons (Fsp3) is 0.900. The third kappa shape index (κ3) is 51.7. The topological polar surface area (TPSA) is 95.9 Å². The highest BCUT2D eigenvalue weighted by Crippen LogP contribution is 2.17. The number of amides is 1. The zero-order valence-electron chi connectivity index (χ0n) is 44.4. The molecule has 2 atom stereocenters. The van der Waals surface area contributed by atoms with Crippen LogP contribution in [0, 0.1) is 0 Å². The molecule has 3 N–H and O–H groups in total. The van der Waals surface area contributed by atoms with Gasteiger partial charge in [-0.25, -0.2) is 0 Å². The minimum absolute atomic E-state index is 0.00848. The number of carbonyl (C=O) groups is 2. The number of carbonyl (C=O) groups excluding carboxylic acids is 2. The normalized spacial score (nSPS) is 12.7. The third-order valence-corrected chi connectivity index (χ3v) is 13.7. The second-order valence-corrected chi connectivity index (χ2v) is 20.3. The van der Waals surface area contributed by atoms with Crippen molar-refractivity contribution in [3.8, 4) is 0 Å². The van der Waals surface area contributed by atoms with E-state index in [0.29, 0.717) is 19.4 Å². The number of aliphatic hydroxyl groups excluding tert-OH is 2. The van der Waals surface area contributed by atoms with E-state index < -0.39 is 12.1 Å². The van der Waals surface area contributed by atoms with Crippen LogP contribution in [0.25, 0.3) is 0 Å². The van der Waals surface area contributed by atoms with Crippen molar-refractivity contribution in [1.82, 2.24) is 5.32 Å². The third-order valence-electron chi connectivity index (χ3n) is 13.7. The number of nitrogens with one attached hydrogen (secondary N) is 1. The van der Waals surface area contributed by atoms with E-state index in [2.05, 4.69) is 31.3 Å². The van der Waals surface area contributed by atoms with Gasteiger partial charge in [-0.3, -0.25) is 9.59 Å². The Labute approximate surface area is 411 Å². The van der Waals surface area contributed by atoms with Gasteiger partial charge < -0.3 is 20.3 Å². The molecule has 0 aliphatic rings. The minimum Gasteiger partial charge on any atom is -0.466 e. The molecule has 0 saturated heterocycles. The molecule has 390 valence electrons. The lowest BCUT2D eigenvalue weighted by atomic mass is 10.0. The monoisotopic (exact) mass is 930 g/mol. The molecule has 6 nitrogen and oxygen atoms in total. The SMILES string of the molecule is CCCCCCCCC/C=C\CCCCCCCCCC(=O)OCCCCCCCCCCCCCCCCCCCCCCCC(=O)NC(CO)C(O)/C=C/CCCCCCCCCC. The Morgan fingerprint density at radius 1 is 0.409 bits per heavy atom. The Bertz CT molecular complexity index is 1030. The van der Waals surface area contributed by atoms with Crippen molar-refractivity contribution in [2.75, 3.05) is 13.2 Å². The molecule has 0 radical (unpaired) electrons. The summed E-state index contributed by atoms with van der Waals surface area (Å²) in [6.07, 6.45) is 67.9. The number of esters is 1. The van der Waals surface area contributed by atoms with Gasteiger partial charge >= 0.3 is 5.97 Å². The number of unbranched alkanes of at least 4 members (excludes halogenated alkanes) is 42. The van der Waals surface area contributed by atoms with Gasteiger partial charge in [-0.1, -0.05) is 276 Å². The van der Waals surface area contributed by atoms with Gasteiger partial charge in [0.2, 0.25) is 5.91 Å². The van der Waals surface area contributed by atoms with Crippen molar-refractivity contribution in [3.05, 3.63) is 24.3 Å². The van der Waals surface area contributed by atoms with E-state index in [9.17, 15) is 19.8 Å². The van der Waals surface area contributed by atoms with Gasteiger partial charge in [0.1, 0.15) is 0 Å². The standard InChI is InChI=1S/C60H115NO5/c1-3-5-7-9-11-13-15-16-17-18-25-28-31-34-38-42-46-50-54-60(65)66-55-51-47-43-39-35-32-29-26-23-21-19-20-22-24-27-30-33-37-41-45-49-53-59(64)61-57(56-62)58(63)52-48-44-40-36-14-12-10-8-6-4-2/h17-18,48,52,57-58,62-63H,3-16,19-47,49-51,53-56H2,1-2H3,(H,61,64)/b18-17-,52-48+. The molecule has 0 aliphatic carbocycles. The summed E-state index contributed by atoms with van der Waals surface area (Å²) < 4.78 is 5.49. The Morgan fingerprint density at radius 2 is 0.712 bits per heavy atom. The number of allylic oxidation sites excluding steroid dienone is 3. The summed E-state index contributed by atoms with van der Waals surface area (Å²) in [4.78, 5) is 24.5. The van der Waals surface area contributed by atoms with E-state index >= 15 is 0 Å². The van der Waals surface area contributed by atoms with Gasteiger partial charge in [-0.05, 0) is 57.8 Å². The maximum Gasteiger partial charge on any atom is 0.305 e. The van der Waals surface area contributed by atoms with Crippen LogP contribution in [-0.2, 0) is 14.3 Å². The average Bonchev–Trinajstić information content (AvgIpc) is 3.32. The molecule has 0 aromatic rings. The van der Waals surface area contributed by atoms with E-state index in [1.165, 1.54) is 250 Å². The zero-order valence-corrected chi connectivity index (χ0v) is 44.4. The van der Waals surface area contributed by atoms with Crippen LogP contribution >= 0.6 is 0 Å². The van der Waals surface area contributed by atoms with Crippen molar-refractivity contribution in [2.45, 2.75) is 334 Å². The van der Waals surface area contributed by atoms with E-state index in [1.54, 1.807) is 6.08 Å². The molecule has 0 rings (SSSR count).